The zero-order valence-corrected chi connectivity index (χ0v) is 11.9. The molecule has 4 nitrogen and oxygen atoms in total. The highest BCUT2D eigenvalue weighted by Crippen LogP contribution is 2.55. The largest absolute Gasteiger partial charge is 0.354 e. The van der Waals surface area contributed by atoms with Gasteiger partial charge >= 0.3 is 0 Å². The van der Waals surface area contributed by atoms with E-state index in [-0.39, 0.29) is 0 Å². The highest BCUT2D eigenvalue weighted by molar-refractivity contribution is 5.53. The van der Waals surface area contributed by atoms with Gasteiger partial charge in [0.05, 0.1) is 11.8 Å². The minimum atomic E-state index is 0.562. The van der Waals surface area contributed by atoms with Gasteiger partial charge in [-0.15, -0.1) is 5.10 Å². The molecule has 5 rings (SSSR count). The Labute approximate surface area is 119 Å². The number of rotatable bonds is 2. The second-order valence-electron chi connectivity index (χ2n) is 6.91. The predicted octanol–water partition coefficient (Wildman–Crippen LogP) is 2.61. The van der Waals surface area contributed by atoms with Gasteiger partial charge in [0.15, 0.2) is 5.82 Å². The minimum absolute atomic E-state index is 0.562. The number of hydrogen-bond donors (Lipinski definition) is 0. The maximum Gasteiger partial charge on any atom is 0.169 e. The standard InChI is InChI=1S/C16H20N4/c1-20(16-12(9-17)2-3-18-19-16)15-13-5-10-4-11(7-13)8-14(15)6-10/h2-3,10-11,13-15H,4-8H2,1H3. The molecule has 20 heavy (non-hydrogen) atoms. The van der Waals surface area contributed by atoms with Gasteiger partial charge in [-0.25, -0.2) is 0 Å². The number of nitriles is 1. The summed E-state index contributed by atoms with van der Waals surface area (Å²) in [4.78, 5) is 2.26. The molecule has 1 aromatic rings. The summed E-state index contributed by atoms with van der Waals surface area (Å²) < 4.78 is 0. The first-order valence-corrected chi connectivity index (χ1v) is 7.71. The molecule has 4 heteroatoms. The molecule has 0 aliphatic heterocycles. The Hall–Kier alpha value is -1.63. The van der Waals surface area contributed by atoms with Crippen molar-refractivity contribution in [3.05, 3.63) is 17.8 Å². The van der Waals surface area contributed by atoms with Crippen molar-refractivity contribution in [1.29, 1.82) is 5.26 Å². The summed E-state index contributed by atoms with van der Waals surface area (Å²) in [5.74, 6) is 4.31. The van der Waals surface area contributed by atoms with Crippen molar-refractivity contribution in [3.63, 3.8) is 0 Å². The van der Waals surface area contributed by atoms with Gasteiger partial charge in [0.1, 0.15) is 6.07 Å². The molecule has 1 heterocycles. The zero-order valence-electron chi connectivity index (χ0n) is 11.9. The van der Waals surface area contributed by atoms with Gasteiger partial charge < -0.3 is 4.90 Å². The second-order valence-corrected chi connectivity index (χ2v) is 6.91. The van der Waals surface area contributed by atoms with Crippen LogP contribution in [0.3, 0.4) is 0 Å². The van der Waals surface area contributed by atoms with Crippen molar-refractivity contribution in [2.75, 3.05) is 11.9 Å². The topological polar surface area (TPSA) is 52.8 Å². The molecule has 0 unspecified atom stereocenters. The minimum Gasteiger partial charge on any atom is -0.354 e. The van der Waals surface area contributed by atoms with Gasteiger partial charge in [-0.2, -0.15) is 10.4 Å². The van der Waals surface area contributed by atoms with Crippen molar-refractivity contribution >= 4 is 5.82 Å². The lowest BCUT2D eigenvalue weighted by atomic mass is 9.54. The maximum absolute atomic E-state index is 9.27. The normalized spacial score (nSPS) is 37.7. The van der Waals surface area contributed by atoms with E-state index in [0.717, 1.165) is 29.5 Å². The number of nitrogens with zero attached hydrogens (tertiary/aromatic N) is 4. The molecule has 0 radical (unpaired) electrons. The first-order chi connectivity index (χ1) is 9.76. The molecule has 0 aromatic carbocycles. The molecule has 104 valence electrons. The van der Waals surface area contributed by atoms with Crippen molar-refractivity contribution in [2.45, 2.75) is 38.1 Å². The third-order valence-electron chi connectivity index (χ3n) is 5.78. The molecule has 4 bridgehead atoms. The summed E-state index contributed by atoms with van der Waals surface area (Å²) in [6.07, 6.45) is 8.59. The second kappa shape index (κ2) is 4.44. The van der Waals surface area contributed by atoms with Crippen LogP contribution in [0.15, 0.2) is 12.3 Å². The van der Waals surface area contributed by atoms with Crippen LogP contribution in [-0.2, 0) is 0 Å². The van der Waals surface area contributed by atoms with Crippen LogP contribution in [-0.4, -0.2) is 23.3 Å². The SMILES string of the molecule is CN(c1nnccc1C#N)C1C2CC3CC(C2)CC1C3. The van der Waals surface area contributed by atoms with Gasteiger partial charge in [-0.3, -0.25) is 0 Å². The first-order valence-electron chi connectivity index (χ1n) is 7.71. The van der Waals surface area contributed by atoms with Gasteiger partial charge in [0, 0.05) is 13.1 Å². The van der Waals surface area contributed by atoms with Crippen LogP contribution in [0.4, 0.5) is 5.82 Å². The predicted molar refractivity (Wildman–Crippen MR) is 76.0 cm³/mol. The van der Waals surface area contributed by atoms with E-state index >= 15 is 0 Å². The van der Waals surface area contributed by atoms with Crippen molar-refractivity contribution in [3.8, 4) is 6.07 Å². The van der Waals surface area contributed by atoms with Crippen molar-refractivity contribution in [1.82, 2.24) is 10.2 Å². The van der Waals surface area contributed by atoms with Crippen molar-refractivity contribution in [2.24, 2.45) is 23.7 Å². The van der Waals surface area contributed by atoms with E-state index in [1.54, 1.807) is 12.3 Å². The zero-order chi connectivity index (χ0) is 13.7. The molecule has 0 spiro atoms. The van der Waals surface area contributed by atoms with Crippen LogP contribution in [0.25, 0.3) is 0 Å². The van der Waals surface area contributed by atoms with E-state index in [0.29, 0.717) is 11.6 Å². The number of hydrogen-bond acceptors (Lipinski definition) is 4. The lowest BCUT2D eigenvalue weighted by molar-refractivity contribution is -0.00147. The van der Waals surface area contributed by atoms with Crippen LogP contribution in [0.5, 0.6) is 0 Å². The highest BCUT2D eigenvalue weighted by atomic mass is 15.3. The molecule has 1 aromatic heterocycles. The number of anilines is 1. The van der Waals surface area contributed by atoms with Crippen LogP contribution in [0.1, 0.15) is 37.7 Å². The van der Waals surface area contributed by atoms with E-state index in [1.165, 1.54) is 32.1 Å². The summed E-state index contributed by atoms with van der Waals surface area (Å²) in [6.45, 7) is 0. The molecule has 0 N–H and O–H groups in total. The molecule has 4 aliphatic rings. The first kappa shape index (κ1) is 12.1. The molecule has 4 fully saturated rings. The fraction of sp³-hybridized carbons (Fsp3) is 0.688. The summed E-state index contributed by atoms with van der Waals surface area (Å²) >= 11 is 0. The Morgan fingerprint density at radius 3 is 2.40 bits per heavy atom. The molecule has 0 saturated heterocycles. The van der Waals surface area contributed by atoms with Crippen LogP contribution >= 0.6 is 0 Å². The Bertz CT molecular complexity index is 534. The Balaban J connectivity index is 1.66. The average molecular weight is 268 g/mol. The molecule has 4 saturated carbocycles. The lowest BCUT2D eigenvalue weighted by Crippen LogP contribution is -2.55. The monoisotopic (exact) mass is 268 g/mol. The van der Waals surface area contributed by atoms with E-state index in [9.17, 15) is 5.26 Å². The number of aromatic nitrogens is 2. The molecule has 0 amide bonds. The van der Waals surface area contributed by atoms with Crippen molar-refractivity contribution < 1.29 is 0 Å². The molecular weight excluding hydrogens is 248 g/mol. The smallest absolute Gasteiger partial charge is 0.169 e. The summed E-state index contributed by atoms with van der Waals surface area (Å²) in [7, 11) is 2.11. The quantitative estimate of drug-likeness (QED) is 0.827. The van der Waals surface area contributed by atoms with E-state index in [2.05, 4.69) is 28.2 Å². The van der Waals surface area contributed by atoms with Crippen LogP contribution in [0.2, 0.25) is 0 Å². The van der Waals surface area contributed by atoms with E-state index in [4.69, 9.17) is 0 Å². The van der Waals surface area contributed by atoms with E-state index < -0.39 is 0 Å². The maximum atomic E-state index is 9.27. The lowest BCUT2D eigenvalue weighted by Gasteiger charge is -2.56. The molecule has 0 atom stereocenters. The van der Waals surface area contributed by atoms with Gasteiger partial charge in [-0.05, 0) is 61.8 Å². The highest BCUT2D eigenvalue weighted by Gasteiger charge is 2.49. The Morgan fingerprint density at radius 1 is 1.15 bits per heavy atom. The third-order valence-corrected chi connectivity index (χ3v) is 5.78. The fourth-order valence-corrected chi connectivity index (χ4v) is 5.34. The summed E-state index contributed by atoms with van der Waals surface area (Å²) in [5.41, 5.74) is 0.649. The van der Waals surface area contributed by atoms with Crippen LogP contribution < -0.4 is 4.90 Å². The molecular formula is C16H20N4. The van der Waals surface area contributed by atoms with E-state index in [1.807, 2.05) is 0 Å². The Kier molecular flexibility index (Phi) is 2.70. The summed E-state index contributed by atoms with van der Waals surface area (Å²) in [6, 6.07) is 4.59. The van der Waals surface area contributed by atoms with Gasteiger partial charge in [0.25, 0.3) is 0 Å². The van der Waals surface area contributed by atoms with Crippen LogP contribution in [0, 0.1) is 35.0 Å². The van der Waals surface area contributed by atoms with Gasteiger partial charge in [0.2, 0.25) is 0 Å². The fourth-order valence-electron chi connectivity index (χ4n) is 5.34. The Morgan fingerprint density at radius 2 is 1.80 bits per heavy atom. The van der Waals surface area contributed by atoms with Gasteiger partial charge in [-0.1, -0.05) is 0 Å². The third kappa shape index (κ3) is 1.72. The average Bonchev–Trinajstić information content (AvgIpc) is 2.46. The molecule has 4 aliphatic carbocycles. The summed E-state index contributed by atoms with van der Waals surface area (Å²) in [5, 5.41) is 17.5.